The Balaban J connectivity index is 2.42. The Morgan fingerprint density at radius 1 is 1.31 bits per heavy atom. The Kier molecular flexibility index (Phi) is 5.76. The fourth-order valence-corrected chi connectivity index (χ4v) is 2.37. The van der Waals surface area contributed by atoms with Gasteiger partial charge in [-0.1, -0.05) is 29.8 Å². The van der Waals surface area contributed by atoms with Crippen LogP contribution in [0, 0.1) is 5.92 Å². The van der Waals surface area contributed by atoms with E-state index in [0.29, 0.717) is 12.0 Å². The highest BCUT2D eigenvalue weighted by Crippen LogP contribution is 2.17. The maximum atomic E-state index is 11.5. The summed E-state index contributed by atoms with van der Waals surface area (Å²) in [5, 5.41) is 3.01. The Labute approximate surface area is 107 Å². The number of alkyl halides is 1. The maximum absolute atomic E-state index is 11.5. The van der Waals surface area contributed by atoms with E-state index < -0.39 is 0 Å². The molecule has 1 aliphatic heterocycles. The molecule has 0 aliphatic carbocycles. The Morgan fingerprint density at radius 2 is 1.88 bits per heavy atom. The molecule has 0 bridgehead atoms. The summed E-state index contributed by atoms with van der Waals surface area (Å²) in [6.45, 7) is 9.45. The topological polar surface area (TPSA) is 32.3 Å². The number of rotatable bonds is 5. The molecule has 94 valence electrons. The van der Waals surface area contributed by atoms with Crippen LogP contribution in [0.15, 0.2) is 0 Å². The Morgan fingerprint density at radius 3 is 2.31 bits per heavy atom. The van der Waals surface area contributed by atoms with Crippen molar-refractivity contribution in [3.05, 3.63) is 0 Å². The molecule has 2 atom stereocenters. The molecule has 1 amide bonds. The van der Waals surface area contributed by atoms with E-state index in [0.717, 1.165) is 6.54 Å². The molecule has 1 heterocycles. The normalized spacial score (nSPS) is 21.1. The van der Waals surface area contributed by atoms with Crippen molar-refractivity contribution < 1.29 is 4.79 Å². The molecule has 0 spiro atoms. The maximum Gasteiger partial charge on any atom is 0.233 e. The number of nitrogens with zero attached hydrogens (tertiary/aromatic N) is 1. The molecular formula is C12H23BrN2O. The molecule has 0 aromatic rings. The average molecular weight is 291 g/mol. The second-order valence-electron chi connectivity index (χ2n) is 4.92. The van der Waals surface area contributed by atoms with Gasteiger partial charge in [-0.05, 0) is 38.8 Å². The number of amides is 1. The van der Waals surface area contributed by atoms with E-state index in [1.54, 1.807) is 0 Å². The number of hydrogen-bond acceptors (Lipinski definition) is 2. The first-order chi connectivity index (χ1) is 7.52. The summed E-state index contributed by atoms with van der Waals surface area (Å²) in [6, 6.07) is 0.484. The van der Waals surface area contributed by atoms with Gasteiger partial charge in [0.2, 0.25) is 5.91 Å². The van der Waals surface area contributed by atoms with Crippen LogP contribution in [-0.2, 0) is 4.79 Å². The molecule has 1 N–H and O–H groups in total. The third-order valence-corrected chi connectivity index (χ3v) is 3.64. The van der Waals surface area contributed by atoms with Gasteiger partial charge < -0.3 is 5.32 Å². The molecule has 4 heteroatoms. The van der Waals surface area contributed by atoms with Crippen molar-refractivity contribution >= 4 is 21.8 Å². The molecule has 0 radical (unpaired) electrons. The van der Waals surface area contributed by atoms with Crippen LogP contribution in [0.25, 0.3) is 0 Å². The highest BCUT2D eigenvalue weighted by atomic mass is 79.9. The lowest BCUT2D eigenvalue weighted by Crippen LogP contribution is -2.46. The van der Waals surface area contributed by atoms with Crippen molar-refractivity contribution in [1.29, 1.82) is 0 Å². The van der Waals surface area contributed by atoms with Crippen molar-refractivity contribution in [2.45, 2.75) is 44.5 Å². The van der Waals surface area contributed by atoms with E-state index in [1.807, 2.05) is 6.92 Å². The molecule has 2 unspecified atom stereocenters. The average Bonchev–Trinajstić information content (AvgIpc) is 2.70. The quantitative estimate of drug-likeness (QED) is 0.786. The zero-order valence-electron chi connectivity index (χ0n) is 10.5. The van der Waals surface area contributed by atoms with Crippen LogP contribution in [-0.4, -0.2) is 41.3 Å². The minimum atomic E-state index is -0.0982. The predicted molar refractivity (Wildman–Crippen MR) is 70.8 cm³/mol. The molecule has 0 aromatic heterocycles. The summed E-state index contributed by atoms with van der Waals surface area (Å²) < 4.78 is 0. The third-order valence-electron chi connectivity index (χ3n) is 3.23. The number of carbonyl (C=O) groups excluding carboxylic acids is 1. The molecular weight excluding hydrogens is 268 g/mol. The van der Waals surface area contributed by atoms with E-state index >= 15 is 0 Å². The monoisotopic (exact) mass is 290 g/mol. The van der Waals surface area contributed by atoms with E-state index in [9.17, 15) is 4.79 Å². The van der Waals surface area contributed by atoms with Crippen molar-refractivity contribution in [1.82, 2.24) is 10.2 Å². The molecule has 16 heavy (non-hydrogen) atoms. The first kappa shape index (κ1) is 14.0. The molecule has 0 aromatic carbocycles. The van der Waals surface area contributed by atoms with E-state index in [2.05, 4.69) is 40.0 Å². The van der Waals surface area contributed by atoms with Gasteiger partial charge in [-0.15, -0.1) is 0 Å². The molecule has 1 aliphatic rings. The van der Waals surface area contributed by atoms with Crippen LogP contribution in [0.2, 0.25) is 0 Å². The highest BCUT2D eigenvalue weighted by Gasteiger charge is 2.25. The first-order valence-corrected chi connectivity index (χ1v) is 7.09. The number of likely N-dealkylation sites (tertiary alicyclic amines) is 1. The largest absolute Gasteiger partial charge is 0.354 e. The number of halogens is 1. The molecule has 0 saturated carbocycles. The second-order valence-corrected chi connectivity index (χ2v) is 6.29. The summed E-state index contributed by atoms with van der Waals surface area (Å²) in [5.74, 6) is 0.675. The lowest BCUT2D eigenvalue weighted by atomic mass is 10.0. The van der Waals surface area contributed by atoms with E-state index in [-0.39, 0.29) is 10.7 Å². The Bertz CT molecular complexity index is 225. The number of hydrogen-bond donors (Lipinski definition) is 1. The summed E-state index contributed by atoms with van der Waals surface area (Å²) in [6.07, 6.45) is 2.60. The fraction of sp³-hybridized carbons (Fsp3) is 0.917. The number of nitrogens with one attached hydrogen (secondary N) is 1. The Hall–Kier alpha value is -0.0900. The van der Waals surface area contributed by atoms with Crippen molar-refractivity contribution in [2.24, 2.45) is 5.92 Å². The van der Waals surface area contributed by atoms with Crippen LogP contribution < -0.4 is 5.32 Å². The zero-order valence-corrected chi connectivity index (χ0v) is 12.1. The van der Waals surface area contributed by atoms with Crippen molar-refractivity contribution in [2.75, 3.05) is 19.6 Å². The minimum absolute atomic E-state index is 0.0878. The molecule has 3 nitrogen and oxygen atoms in total. The molecule has 1 saturated heterocycles. The van der Waals surface area contributed by atoms with Gasteiger partial charge >= 0.3 is 0 Å². The summed E-state index contributed by atoms with van der Waals surface area (Å²) in [4.78, 5) is 13.9. The third kappa shape index (κ3) is 4.06. The molecule has 1 fully saturated rings. The van der Waals surface area contributed by atoms with Gasteiger partial charge in [-0.25, -0.2) is 0 Å². The van der Waals surface area contributed by atoms with E-state index in [1.165, 1.54) is 25.9 Å². The van der Waals surface area contributed by atoms with Crippen molar-refractivity contribution in [3.8, 4) is 0 Å². The smallest absolute Gasteiger partial charge is 0.233 e. The van der Waals surface area contributed by atoms with E-state index in [4.69, 9.17) is 0 Å². The lowest BCUT2D eigenvalue weighted by molar-refractivity contribution is -0.120. The second kappa shape index (κ2) is 6.60. The lowest BCUT2D eigenvalue weighted by Gasteiger charge is -2.31. The highest BCUT2D eigenvalue weighted by molar-refractivity contribution is 9.10. The summed E-state index contributed by atoms with van der Waals surface area (Å²) >= 11 is 3.28. The van der Waals surface area contributed by atoms with Crippen LogP contribution in [0.5, 0.6) is 0 Å². The van der Waals surface area contributed by atoms with Crippen LogP contribution in [0.1, 0.15) is 33.6 Å². The summed E-state index contributed by atoms with van der Waals surface area (Å²) in [7, 11) is 0. The van der Waals surface area contributed by atoms with Gasteiger partial charge in [-0.3, -0.25) is 9.69 Å². The van der Waals surface area contributed by atoms with Gasteiger partial charge in [0.05, 0.1) is 4.83 Å². The molecule has 1 rings (SSSR count). The zero-order chi connectivity index (χ0) is 12.1. The fourth-order valence-electron chi connectivity index (χ4n) is 2.21. The van der Waals surface area contributed by atoms with Crippen LogP contribution in [0.4, 0.5) is 0 Å². The predicted octanol–water partition coefficient (Wildman–Crippen LogP) is 2.01. The SMILES string of the molecule is CC(Br)C(=O)NCC(C(C)C)N1CCCC1. The van der Waals surface area contributed by atoms with Crippen molar-refractivity contribution in [3.63, 3.8) is 0 Å². The minimum Gasteiger partial charge on any atom is -0.354 e. The van der Waals surface area contributed by atoms with Gasteiger partial charge in [0.15, 0.2) is 0 Å². The van der Waals surface area contributed by atoms with Gasteiger partial charge in [-0.2, -0.15) is 0 Å². The van der Waals surface area contributed by atoms with Crippen LogP contribution >= 0.6 is 15.9 Å². The van der Waals surface area contributed by atoms with Crippen LogP contribution in [0.3, 0.4) is 0 Å². The first-order valence-electron chi connectivity index (χ1n) is 6.18. The standard InChI is InChI=1S/C12H23BrN2O/c1-9(2)11(15-6-4-5-7-15)8-14-12(16)10(3)13/h9-11H,4-8H2,1-3H3,(H,14,16). The summed E-state index contributed by atoms with van der Waals surface area (Å²) in [5.41, 5.74) is 0. The van der Waals surface area contributed by atoms with Gasteiger partial charge in [0, 0.05) is 12.6 Å². The number of carbonyl (C=O) groups is 1. The van der Waals surface area contributed by atoms with Gasteiger partial charge in [0.25, 0.3) is 0 Å². The van der Waals surface area contributed by atoms with Gasteiger partial charge in [0.1, 0.15) is 0 Å².